The maximum absolute atomic E-state index is 10.2. The summed E-state index contributed by atoms with van der Waals surface area (Å²) in [6.07, 6.45) is 18.5. The largest absolute Gasteiger partial charge is 0.505 e. The van der Waals surface area contributed by atoms with Crippen LogP contribution in [0.15, 0.2) is 0 Å². The maximum Gasteiger partial charge on any atom is 0.505 e. The zero-order valence-corrected chi connectivity index (χ0v) is 17.9. The lowest BCUT2D eigenvalue weighted by molar-refractivity contribution is 0.0906. The Balaban J connectivity index is 2.98. The van der Waals surface area contributed by atoms with Gasteiger partial charge in [0.15, 0.2) is 0 Å². The van der Waals surface area contributed by atoms with E-state index in [9.17, 15) is 4.79 Å². The van der Waals surface area contributed by atoms with Crippen LogP contribution < -0.4 is 10.6 Å². The number of hydrogen-bond donors (Lipinski definition) is 3. The van der Waals surface area contributed by atoms with E-state index in [1.165, 1.54) is 103 Å². The van der Waals surface area contributed by atoms with Crippen molar-refractivity contribution in [2.45, 2.75) is 103 Å². The summed E-state index contributed by atoms with van der Waals surface area (Å²) in [7, 11) is 0. The molecule has 5 heteroatoms. The highest BCUT2D eigenvalue weighted by molar-refractivity contribution is 5.56. The Hall–Kier alpha value is -0.810. The summed E-state index contributed by atoms with van der Waals surface area (Å²) in [5.74, 6) is 0. The zero-order valence-electron chi connectivity index (χ0n) is 17.9. The smallest absolute Gasteiger partial charge is 0.450 e. The minimum Gasteiger partial charge on any atom is -0.450 e. The summed E-state index contributed by atoms with van der Waals surface area (Å²) in [4.78, 5) is 10.2. The van der Waals surface area contributed by atoms with Crippen LogP contribution in [0.4, 0.5) is 4.79 Å². The Morgan fingerprint density at radius 3 is 1.41 bits per heavy atom. The highest BCUT2D eigenvalue weighted by Gasteiger charge is 1.96. The molecule has 3 N–H and O–H groups in total. The van der Waals surface area contributed by atoms with Gasteiger partial charge < -0.3 is 20.5 Å². The summed E-state index contributed by atoms with van der Waals surface area (Å²) >= 11 is 0. The maximum atomic E-state index is 10.2. The molecule has 0 atom stereocenters. The molecule has 162 valence electrons. The molecule has 0 aliphatic carbocycles. The predicted octanol–water partition coefficient (Wildman–Crippen LogP) is 5.73. The van der Waals surface area contributed by atoms with Crippen LogP contribution in [0.3, 0.4) is 0 Å². The van der Waals surface area contributed by atoms with Gasteiger partial charge in [-0.2, -0.15) is 0 Å². The van der Waals surface area contributed by atoms with E-state index in [1.807, 2.05) is 0 Å². The third kappa shape index (κ3) is 25.2. The van der Waals surface area contributed by atoms with Crippen molar-refractivity contribution in [2.24, 2.45) is 0 Å². The normalized spacial score (nSPS) is 11.0. The van der Waals surface area contributed by atoms with Crippen molar-refractivity contribution < 1.29 is 14.6 Å². The number of hydrogen-bond acceptors (Lipinski definition) is 4. The average Bonchev–Trinajstić information content (AvgIpc) is 2.65. The van der Waals surface area contributed by atoms with E-state index in [0.717, 1.165) is 19.5 Å². The molecule has 27 heavy (non-hydrogen) atoms. The second-order valence-electron chi connectivity index (χ2n) is 7.56. The molecule has 0 saturated heterocycles. The van der Waals surface area contributed by atoms with Crippen molar-refractivity contribution in [3.05, 3.63) is 0 Å². The topological polar surface area (TPSA) is 70.6 Å². The minimum absolute atomic E-state index is 0.290. The Bertz CT molecular complexity index is 301. The van der Waals surface area contributed by atoms with E-state index >= 15 is 0 Å². The van der Waals surface area contributed by atoms with Gasteiger partial charge in [0.05, 0.1) is 6.61 Å². The first kappa shape index (κ1) is 26.2. The molecule has 0 aromatic rings. The van der Waals surface area contributed by atoms with Gasteiger partial charge in [0.1, 0.15) is 0 Å². The van der Waals surface area contributed by atoms with E-state index < -0.39 is 6.16 Å². The number of rotatable bonds is 22. The molecular weight excluding hydrogens is 340 g/mol. The molecule has 0 heterocycles. The van der Waals surface area contributed by atoms with Crippen molar-refractivity contribution >= 4 is 6.16 Å². The summed E-state index contributed by atoms with van der Waals surface area (Å²) in [6.45, 7) is 6.81. The van der Waals surface area contributed by atoms with Crippen molar-refractivity contribution in [2.75, 3.05) is 32.8 Å². The third-order valence-electron chi connectivity index (χ3n) is 4.89. The van der Waals surface area contributed by atoms with Crippen LogP contribution in [0.1, 0.15) is 103 Å². The first-order valence-electron chi connectivity index (χ1n) is 11.5. The standard InChI is InChI=1S/C22H46N2O3/c1-2-3-13-17-23-18-14-11-9-7-5-4-6-8-10-12-15-19-24-20-16-21-27-22(25)26/h23-24H,2-21H2,1H3,(H,25,26). The van der Waals surface area contributed by atoms with Crippen molar-refractivity contribution in [3.8, 4) is 0 Å². The van der Waals surface area contributed by atoms with Gasteiger partial charge in [-0.15, -0.1) is 0 Å². The first-order chi connectivity index (χ1) is 13.3. The highest BCUT2D eigenvalue weighted by Crippen LogP contribution is 2.11. The molecule has 5 nitrogen and oxygen atoms in total. The fourth-order valence-corrected chi connectivity index (χ4v) is 3.20. The second kappa shape index (κ2) is 23.2. The third-order valence-corrected chi connectivity index (χ3v) is 4.89. The van der Waals surface area contributed by atoms with Crippen LogP contribution in [0.2, 0.25) is 0 Å². The molecule has 0 unspecified atom stereocenters. The molecule has 0 spiro atoms. The monoisotopic (exact) mass is 386 g/mol. The summed E-state index contributed by atoms with van der Waals surface area (Å²) in [5.41, 5.74) is 0. The molecule has 0 aliphatic rings. The van der Waals surface area contributed by atoms with Gasteiger partial charge >= 0.3 is 6.16 Å². The zero-order chi connectivity index (χ0) is 19.8. The summed E-state index contributed by atoms with van der Waals surface area (Å²) in [5, 5.41) is 15.2. The second-order valence-corrected chi connectivity index (χ2v) is 7.56. The molecule has 0 saturated carbocycles. The molecule has 0 fully saturated rings. The molecule has 0 radical (unpaired) electrons. The van der Waals surface area contributed by atoms with Crippen molar-refractivity contribution in [1.29, 1.82) is 0 Å². The number of unbranched alkanes of at least 4 members (excludes halogenated alkanes) is 12. The van der Waals surface area contributed by atoms with E-state index in [4.69, 9.17) is 5.11 Å². The molecule has 0 amide bonds. The molecule has 0 bridgehead atoms. The van der Waals surface area contributed by atoms with Crippen LogP contribution in [0, 0.1) is 0 Å². The van der Waals surface area contributed by atoms with Gasteiger partial charge in [0, 0.05) is 0 Å². The van der Waals surface area contributed by atoms with Crippen LogP contribution >= 0.6 is 0 Å². The quantitative estimate of drug-likeness (QED) is 0.164. The summed E-state index contributed by atoms with van der Waals surface area (Å²) in [6, 6.07) is 0. The Morgan fingerprint density at radius 2 is 1.00 bits per heavy atom. The van der Waals surface area contributed by atoms with Crippen molar-refractivity contribution in [1.82, 2.24) is 10.6 Å². The van der Waals surface area contributed by atoms with Crippen LogP contribution in [-0.2, 0) is 4.74 Å². The van der Waals surface area contributed by atoms with E-state index in [-0.39, 0.29) is 6.61 Å². The lowest BCUT2D eigenvalue weighted by atomic mass is 10.1. The number of carbonyl (C=O) groups is 1. The van der Waals surface area contributed by atoms with Gasteiger partial charge in [0.2, 0.25) is 0 Å². The van der Waals surface area contributed by atoms with Crippen molar-refractivity contribution in [3.63, 3.8) is 0 Å². The molecule has 0 aromatic heterocycles. The Morgan fingerprint density at radius 1 is 0.630 bits per heavy atom. The van der Waals surface area contributed by atoms with E-state index in [2.05, 4.69) is 22.3 Å². The average molecular weight is 387 g/mol. The predicted molar refractivity (Wildman–Crippen MR) is 115 cm³/mol. The van der Waals surface area contributed by atoms with Gasteiger partial charge in [0.25, 0.3) is 0 Å². The van der Waals surface area contributed by atoms with Gasteiger partial charge in [-0.1, -0.05) is 77.6 Å². The van der Waals surface area contributed by atoms with E-state index in [0.29, 0.717) is 0 Å². The van der Waals surface area contributed by atoms with Gasteiger partial charge in [-0.3, -0.25) is 0 Å². The number of ether oxygens (including phenoxy) is 1. The SMILES string of the molecule is CCCCCNCCCCCCCCCCCCCNCCCOC(=O)O. The minimum atomic E-state index is -1.18. The lowest BCUT2D eigenvalue weighted by Crippen LogP contribution is -2.18. The fraction of sp³-hybridized carbons (Fsp3) is 0.955. The van der Waals surface area contributed by atoms with Gasteiger partial charge in [-0.05, 0) is 51.9 Å². The number of carboxylic acid groups (broad SMARTS) is 1. The molecule has 0 rings (SSSR count). The Labute approximate surface area is 168 Å². The summed E-state index contributed by atoms with van der Waals surface area (Å²) < 4.78 is 4.46. The lowest BCUT2D eigenvalue weighted by Gasteiger charge is -2.05. The highest BCUT2D eigenvalue weighted by atomic mass is 16.7. The van der Waals surface area contributed by atoms with Crippen LogP contribution in [0.5, 0.6) is 0 Å². The van der Waals surface area contributed by atoms with E-state index in [1.54, 1.807) is 0 Å². The fourth-order valence-electron chi connectivity index (χ4n) is 3.20. The van der Waals surface area contributed by atoms with Gasteiger partial charge in [-0.25, -0.2) is 4.79 Å². The number of nitrogens with one attached hydrogen (secondary N) is 2. The molecular formula is C22H46N2O3. The molecule has 0 aliphatic heterocycles. The molecule has 0 aromatic carbocycles. The van der Waals surface area contributed by atoms with Crippen LogP contribution in [0.25, 0.3) is 0 Å². The van der Waals surface area contributed by atoms with Crippen LogP contribution in [-0.4, -0.2) is 44.0 Å². The Kier molecular flexibility index (Phi) is 22.5. The first-order valence-corrected chi connectivity index (χ1v) is 11.5.